The molecule has 0 aliphatic carbocycles. The molecule has 0 aliphatic rings. The number of hydrogen-bond acceptors (Lipinski definition) is 3. The zero-order chi connectivity index (χ0) is 12.7. The van der Waals surface area contributed by atoms with Crippen molar-refractivity contribution in [2.45, 2.75) is 13.3 Å². The van der Waals surface area contributed by atoms with E-state index in [4.69, 9.17) is 0 Å². The van der Waals surface area contributed by atoms with Crippen LogP contribution in [0.15, 0.2) is 30.3 Å². The maximum atomic E-state index is 11.3. The molecule has 17 heavy (non-hydrogen) atoms. The highest BCUT2D eigenvalue weighted by Crippen LogP contribution is 2.03. The van der Waals surface area contributed by atoms with Gasteiger partial charge in [-0.15, -0.1) is 0 Å². The molecule has 1 aromatic rings. The summed E-state index contributed by atoms with van der Waals surface area (Å²) < 4.78 is 0. The smallest absolute Gasteiger partial charge is 0.308 e. The van der Waals surface area contributed by atoms with Crippen LogP contribution in [0.5, 0.6) is 0 Å². The van der Waals surface area contributed by atoms with Crippen molar-refractivity contribution in [1.82, 2.24) is 10.6 Å². The largest absolute Gasteiger partial charge is 0.329 e. The Hall–Kier alpha value is -2.37. The van der Waals surface area contributed by atoms with Gasteiger partial charge in [-0.05, 0) is 12.1 Å². The minimum Gasteiger partial charge on any atom is -0.308 e. The predicted molar refractivity (Wildman–Crippen MR) is 62.4 cm³/mol. The van der Waals surface area contributed by atoms with E-state index in [1.54, 1.807) is 37.3 Å². The number of nitrogens with one attached hydrogen (secondary N) is 3. The molecule has 6 heteroatoms. The topological polar surface area (TPSA) is 87.3 Å². The molecule has 1 aromatic carbocycles. The molecular formula is C11H13N3O3. The van der Waals surface area contributed by atoms with E-state index in [1.807, 2.05) is 10.6 Å². The van der Waals surface area contributed by atoms with Gasteiger partial charge in [0.15, 0.2) is 0 Å². The van der Waals surface area contributed by atoms with Crippen molar-refractivity contribution < 1.29 is 14.4 Å². The van der Waals surface area contributed by atoms with Crippen molar-refractivity contribution >= 4 is 23.7 Å². The second-order valence-corrected chi connectivity index (χ2v) is 3.18. The maximum absolute atomic E-state index is 11.3. The van der Waals surface area contributed by atoms with Crippen LogP contribution >= 0.6 is 0 Å². The van der Waals surface area contributed by atoms with E-state index in [9.17, 15) is 14.4 Å². The quantitative estimate of drug-likeness (QED) is 0.725. The summed E-state index contributed by atoms with van der Waals surface area (Å²) in [4.78, 5) is 33.3. The number of hydrogen-bond donors (Lipinski definition) is 3. The van der Waals surface area contributed by atoms with Gasteiger partial charge in [-0.3, -0.25) is 15.4 Å². The van der Waals surface area contributed by atoms with Crippen LogP contribution in [0.3, 0.4) is 0 Å². The highest BCUT2D eigenvalue weighted by atomic mass is 16.2. The van der Waals surface area contributed by atoms with Crippen molar-refractivity contribution in [2.75, 3.05) is 5.32 Å². The van der Waals surface area contributed by atoms with E-state index in [0.717, 1.165) is 0 Å². The minimum atomic E-state index is -0.842. The molecule has 90 valence electrons. The van der Waals surface area contributed by atoms with E-state index >= 15 is 0 Å². The third-order valence-electron chi connectivity index (χ3n) is 1.83. The van der Waals surface area contributed by atoms with Gasteiger partial charge < -0.3 is 5.32 Å². The molecular weight excluding hydrogens is 222 g/mol. The Labute approximate surface area is 98.4 Å². The van der Waals surface area contributed by atoms with Gasteiger partial charge in [-0.25, -0.2) is 9.59 Å². The van der Waals surface area contributed by atoms with E-state index in [0.29, 0.717) is 5.69 Å². The van der Waals surface area contributed by atoms with Gasteiger partial charge in [0, 0.05) is 12.1 Å². The first-order chi connectivity index (χ1) is 8.11. The fourth-order valence-corrected chi connectivity index (χ4v) is 1.03. The van der Waals surface area contributed by atoms with Crippen LogP contribution in [0, 0.1) is 0 Å². The molecule has 0 fully saturated rings. The summed E-state index contributed by atoms with van der Waals surface area (Å²) in [6, 6.07) is 7.11. The summed E-state index contributed by atoms with van der Waals surface area (Å²) in [7, 11) is 0. The van der Waals surface area contributed by atoms with Gasteiger partial charge in [-0.1, -0.05) is 25.1 Å². The normalized spacial score (nSPS) is 9.24. The molecule has 0 saturated carbocycles. The molecule has 0 radical (unpaired) electrons. The van der Waals surface area contributed by atoms with Crippen LogP contribution in [-0.2, 0) is 4.79 Å². The number of imide groups is 2. The Morgan fingerprint density at radius 3 is 2.24 bits per heavy atom. The lowest BCUT2D eigenvalue weighted by molar-refractivity contribution is -0.119. The molecule has 3 N–H and O–H groups in total. The second-order valence-electron chi connectivity index (χ2n) is 3.18. The van der Waals surface area contributed by atoms with Crippen LogP contribution in [0.1, 0.15) is 13.3 Å². The summed E-state index contributed by atoms with van der Waals surface area (Å²) in [6.07, 6.45) is 0.174. The van der Waals surface area contributed by atoms with Crippen molar-refractivity contribution in [3.05, 3.63) is 30.3 Å². The highest BCUT2D eigenvalue weighted by molar-refractivity contribution is 6.05. The van der Waals surface area contributed by atoms with Crippen LogP contribution < -0.4 is 16.0 Å². The molecule has 0 aliphatic heterocycles. The Morgan fingerprint density at radius 1 is 1.00 bits per heavy atom. The number of para-hydroxylation sites is 1. The second kappa shape index (κ2) is 6.26. The summed E-state index contributed by atoms with van der Waals surface area (Å²) >= 11 is 0. The van der Waals surface area contributed by atoms with Gasteiger partial charge in [0.05, 0.1) is 0 Å². The highest BCUT2D eigenvalue weighted by Gasteiger charge is 2.09. The molecule has 6 nitrogen and oxygen atoms in total. The summed E-state index contributed by atoms with van der Waals surface area (Å²) in [5.41, 5.74) is 0.555. The van der Waals surface area contributed by atoms with Crippen molar-refractivity contribution in [1.29, 1.82) is 0 Å². The Balaban J connectivity index is 2.40. The lowest BCUT2D eigenvalue weighted by atomic mass is 10.3. The van der Waals surface area contributed by atoms with Crippen molar-refractivity contribution in [3.63, 3.8) is 0 Å². The first-order valence-electron chi connectivity index (χ1n) is 5.08. The maximum Gasteiger partial charge on any atom is 0.329 e. The third-order valence-corrected chi connectivity index (χ3v) is 1.83. The van der Waals surface area contributed by atoms with Gasteiger partial charge >= 0.3 is 12.1 Å². The zero-order valence-electron chi connectivity index (χ0n) is 9.32. The number of carbonyl (C=O) groups is 3. The standard InChI is InChI=1S/C11H13N3O3/c1-2-9(15)13-11(17)14-10(16)12-8-6-4-3-5-7-8/h3-7H,2H2,1H3,(H3,12,13,14,15,16,17). The number of amides is 5. The fourth-order valence-electron chi connectivity index (χ4n) is 1.03. The molecule has 0 spiro atoms. The Bertz CT molecular complexity index is 417. The predicted octanol–water partition coefficient (Wildman–Crippen LogP) is 1.45. The molecule has 1 rings (SSSR count). The molecule has 0 atom stereocenters. The SMILES string of the molecule is CCC(=O)NC(=O)NC(=O)Nc1ccccc1. The van der Waals surface area contributed by atoms with Crippen LogP contribution in [0.4, 0.5) is 15.3 Å². The number of urea groups is 2. The Kier molecular flexibility index (Phi) is 4.68. The van der Waals surface area contributed by atoms with E-state index in [2.05, 4.69) is 5.32 Å². The summed E-state index contributed by atoms with van der Waals surface area (Å²) in [5.74, 6) is -0.449. The lowest BCUT2D eigenvalue weighted by Crippen LogP contribution is -2.43. The Morgan fingerprint density at radius 2 is 1.65 bits per heavy atom. The molecule has 0 unspecified atom stereocenters. The molecule has 0 heterocycles. The first-order valence-corrected chi connectivity index (χ1v) is 5.08. The van der Waals surface area contributed by atoms with Gasteiger partial charge in [-0.2, -0.15) is 0 Å². The van der Waals surface area contributed by atoms with Crippen LogP contribution in [-0.4, -0.2) is 18.0 Å². The van der Waals surface area contributed by atoms with Crippen LogP contribution in [0.25, 0.3) is 0 Å². The summed E-state index contributed by atoms with van der Waals surface area (Å²) in [5, 5.41) is 6.41. The average molecular weight is 235 g/mol. The summed E-state index contributed by atoms with van der Waals surface area (Å²) in [6.45, 7) is 1.60. The van der Waals surface area contributed by atoms with Crippen LogP contribution in [0.2, 0.25) is 0 Å². The van der Waals surface area contributed by atoms with E-state index < -0.39 is 18.0 Å². The van der Waals surface area contributed by atoms with Gasteiger partial charge in [0.25, 0.3) is 0 Å². The zero-order valence-corrected chi connectivity index (χ0v) is 9.32. The van der Waals surface area contributed by atoms with Crippen molar-refractivity contribution in [3.8, 4) is 0 Å². The fraction of sp³-hybridized carbons (Fsp3) is 0.182. The lowest BCUT2D eigenvalue weighted by Gasteiger charge is -2.06. The molecule has 0 saturated heterocycles. The molecule has 0 bridgehead atoms. The van der Waals surface area contributed by atoms with Gasteiger partial charge in [0.2, 0.25) is 5.91 Å². The molecule has 0 aromatic heterocycles. The van der Waals surface area contributed by atoms with Gasteiger partial charge in [0.1, 0.15) is 0 Å². The number of benzene rings is 1. The number of carbonyl (C=O) groups excluding carboxylic acids is 3. The first kappa shape index (κ1) is 12.7. The van der Waals surface area contributed by atoms with Crippen molar-refractivity contribution in [2.24, 2.45) is 0 Å². The molecule has 5 amide bonds. The average Bonchev–Trinajstić information content (AvgIpc) is 2.29. The number of anilines is 1. The minimum absolute atomic E-state index is 0.174. The van der Waals surface area contributed by atoms with E-state index in [-0.39, 0.29) is 6.42 Å². The number of rotatable bonds is 2. The third kappa shape index (κ3) is 4.78. The monoisotopic (exact) mass is 235 g/mol. The van der Waals surface area contributed by atoms with E-state index in [1.165, 1.54) is 0 Å².